The fourth-order valence-electron chi connectivity index (χ4n) is 4.89. The molecule has 2 heterocycles. The summed E-state index contributed by atoms with van der Waals surface area (Å²) in [6, 6.07) is 18.8. The van der Waals surface area contributed by atoms with E-state index in [1.54, 1.807) is 30.3 Å². The number of imide groups is 1. The molecule has 0 unspecified atom stereocenters. The molecule has 2 amide bonds. The predicted molar refractivity (Wildman–Crippen MR) is 128 cm³/mol. The molecule has 4 aromatic carbocycles. The van der Waals surface area contributed by atoms with E-state index in [-0.39, 0.29) is 5.69 Å². The summed E-state index contributed by atoms with van der Waals surface area (Å²) in [7, 11) is 0. The van der Waals surface area contributed by atoms with Crippen LogP contribution in [0.1, 0.15) is 31.8 Å². The Labute approximate surface area is 197 Å². The van der Waals surface area contributed by atoms with Gasteiger partial charge >= 0.3 is 0 Å². The van der Waals surface area contributed by atoms with Gasteiger partial charge < -0.3 is 4.57 Å². The lowest BCUT2D eigenvalue weighted by molar-refractivity contribution is 0.0925. The van der Waals surface area contributed by atoms with E-state index in [0.29, 0.717) is 11.0 Å². The molecule has 0 fully saturated rings. The van der Waals surface area contributed by atoms with Crippen molar-refractivity contribution in [3.63, 3.8) is 0 Å². The van der Waals surface area contributed by atoms with Gasteiger partial charge in [0, 0.05) is 10.8 Å². The Morgan fingerprint density at radius 1 is 0.629 bits per heavy atom. The van der Waals surface area contributed by atoms with Crippen LogP contribution in [0.4, 0.5) is 18.9 Å². The van der Waals surface area contributed by atoms with Crippen LogP contribution in [-0.2, 0) is 0 Å². The number of hydrogen-bond donors (Lipinski definition) is 0. The molecule has 0 bridgehead atoms. The Morgan fingerprint density at radius 2 is 1.17 bits per heavy atom. The van der Waals surface area contributed by atoms with E-state index in [0.717, 1.165) is 26.8 Å². The van der Waals surface area contributed by atoms with Crippen molar-refractivity contribution < 1.29 is 22.8 Å². The van der Waals surface area contributed by atoms with Gasteiger partial charge in [-0.15, -0.1) is 0 Å². The molecule has 4 nitrogen and oxygen atoms in total. The van der Waals surface area contributed by atoms with Crippen LogP contribution in [0.2, 0.25) is 0 Å². The molecule has 7 heteroatoms. The SMILES string of the molecule is Cc1ccc2c(c1)c1cc(C)ccc1n2-c1c(F)c(F)c(F)c2c1C(=O)N(c1ccccc1)C2=O. The summed E-state index contributed by atoms with van der Waals surface area (Å²) < 4.78 is 47.0. The molecule has 1 aliphatic rings. The summed E-state index contributed by atoms with van der Waals surface area (Å²) in [6.07, 6.45) is 0. The van der Waals surface area contributed by atoms with Gasteiger partial charge in [-0.25, -0.2) is 18.1 Å². The normalized spacial score (nSPS) is 13.3. The molecule has 1 aromatic heterocycles. The number of carbonyl (C=O) groups excluding carboxylic acids is 2. The lowest BCUT2D eigenvalue weighted by atomic mass is 10.0. The number of aryl methyl sites for hydroxylation is 2. The monoisotopic (exact) mass is 470 g/mol. The quantitative estimate of drug-likeness (QED) is 0.215. The number of carbonyl (C=O) groups is 2. The number of para-hydroxylation sites is 1. The second-order valence-electron chi connectivity index (χ2n) is 8.70. The zero-order valence-corrected chi connectivity index (χ0v) is 18.7. The highest BCUT2D eigenvalue weighted by Crippen LogP contribution is 2.41. The Balaban J connectivity index is 1.76. The van der Waals surface area contributed by atoms with Crippen molar-refractivity contribution in [3.8, 4) is 5.69 Å². The van der Waals surface area contributed by atoms with E-state index in [1.165, 1.54) is 16.7 Å². The van der Waals surface area contributed by atoms with E-state index in [2.05, 4.69) is 0 Å². The van der Waals surface area contributed by atoms with Crippen molar-refractivity contribution in [2.75, 3.05) is 4.90 Å². The summed E-state index contributed by atoms with van der Waals surface area (Å²) in [4.78, 5) is 27.5. The maximum absolute atomic E-state index is 15.6. The van der Waals surface area contributed by atoms with Gasteiger partial charge in [0.15, 0.2) is 17.5 Å². The molecule has 0 saturated heterocycles. The van der Waals surface area contributed by atoms with E-state index < -0.39 is 46.1 Å². The number of anilines is 1. The van der Waals surface area contributed by atoms with Gasteiger partial charge in [-0.3, -0.25) is 9.59 Å². The van der Waals surface area contributed by atoms with Gasteiger partial charge in [-0.2, -0.15) is 0 Å². The molecular formula is C28H17F3N2O2. The number of halogens is 3. The molecule has 172 valence electrons. The fourth-order valence-corrected chi connectivity index (χ4v) is 4.89. The third-order valence-corrected chi connectivity index (χ3v) is 6.45. The molecule has 0 spiro atoms. The minimum atomic E-state index is -1.80. The van der Waals surface area contributed by atoms with Gasteiger partial charge in [0.1, 0.15) is 0 Å². The second-order valence-corrected chi connectivity index (χ2v) is 8.70. The highest BCUT2D eigenvalue weighted by Gasteiger charge is 2.45. The van der Waals surface area contributed by atoms with Crippen LogP contribution >= 0.6 is 0 Å². The van der Waals surface area contributed by atoms with Crippen molar-refractivity contribution in [3.05, 3.63) is 106 Å². The minimum Gasteiger partial charge on any atom is -0.306 e. The first-order chi connectivity index (χ1) is 16.8. The Kier molecular flexibility index (Phi) is 4.42. The lowest BCUT2D eigenvalue weighted by Gasteiger charge is -2.15. The maximum atomic E-state index is 15.6. The molecule has 0 saturated carbocycles. The number of benzene rings is 4. The van der Waals surface area contributed by atoms with Crippen molar-refractivity contribution in [1.82, 2.24) is 4.57 Å². The third kappa shape index (κ3) is 2.81. The van der Waals surface area contributed by atoms with Gasteiger partial charge in [0.2, 0.25) is 0 Å². The standard InChI is InChI=1S/C28H17F3N2O2/c1-14-8-10-19-17(12-14)18-13-15(2)9-11-20(18)33(19)26-22-21(23(29)24(30)25(26)31)27(34)32(28(22)35)16-6-4-3-5-7-16/h3-13H,1-2H3. The fraction of sp³-hybridized carbons (Fsp3) is 0.0714. The topological polar surface area (TPSA) is 42.3 Å². The van der Waals surface area contributed by atoms with Crippen LogP contribution in [0, 0.1) is 31.3 Å². The number of hydrogen-bond acceptors (Lipinski definition) is 2. The highest BCUT2D eigenvalue weighted by molar-refractivity contribution is 6.36. The van der Waals surface area contributed by atoms with Crippen LogP contribution in [-0.4, -0.2) is 16.4 Å². The lowest BCUT2D eigenvalue weighted by Crippen LogP contribution is -2.29. The third-order valence-electron chi connectivity index (χ3n) is 6.45. The van der Waals surface area contributed by atoms with E-state index >= 15 is 8.78 Å². The summed E-state index contributed by atoms with van der Waals surface area (Å²) in [5, 5.41) is 1.52. The predicted octanol–water partition coefficient (Wildman–Crippen LogP) is 6.62. The summed E-state index contributed by atoms with van der Waals surface area (Å²) >= 11 is 0. The van der Waals surface area contributed by atoms with Crippen LogP contribution in [0.15, 0.2) is 66.7 Å². The van der Waals surface area contributed by atoms with E-state index in [1.807, 2.05) is 38.1 Å². The minimum absolute atomic E-state index is 0.179. The Hall–Kier alpha value is -4.39. The number of amides is 2. The average Bonchev–Trinajstić information content (AvgIpc) is 3.29. The Morgan fingerprint density at radius 3 is 1.74 bits per heavy atom. The molecule has 0 N–H and O–H groups in total. The van der Waals surface area contributed by atoms with Crippen molar-refractivity contribution >= 4 is 39.3 Å². The summed E-state index contributed by atoms with van der Waals surface area (Å²) in [5.41, 5.74) is 1.33. The van der Waals surface area contributed by atoms with Crippen molar-refractivity contribution in [2.45, 2.75) is 13.8 Å². The first kappa shape index (κ1) is 21.2. The highest BCUT2D eigenvalue weighted by atomic mass is 19.2. The molecule has 6 rings (SSSR count). The summed E-state index contributed by atoms with van der Waals surface area (Å²) in [6.45, 7) is 3.82. The van der Waals surface area contributed by atoms with Gasteiger partial charge in [0.25, 0.3) is 11.8 Å². The number of fused-ring (bicyclic) bond motifs is 4. The zero-order chi connectivity index (χ0) is 24.6. The first-order valence-corrected chi connectivity index (χ1v) is 11.0. The van der Waals surface area contributed by atoms with Crippen LogP contribution in [0.3, 0.4) is 0 Å². The average molecular weight is 470 g/mol. The van der Waals surface area contributed by atoms with Gasteiger partial charge in [-0.1, -0.05) is 41.5 Å². The number of rotatable bonds is 2. The number of nitrogens with zero attached hydrogens (tertiary/aromatic N) is 2. The van der Waals surface area contributed by atoms with E-state index in [4.69, 9.17) is 0 Å². The van der Waals surface area contributed by atoms with Crippen LogP contribution < -0.4 is 4.90 Å². The molecule has 0 radical (unpaired) electrons. The van der Waals surface area contributed by atoms with Crippen molar-refractivity contribution in [2.24, 2.45) is 0 Å². The molecular weight excluding hydrogens is 453 g/mol. The van der Waals surface area contributed by atoms with Gasteiger partial charge in [-0.05, 0) is 50.2 Å². The largest absolute Gasteiger partial charge is 0.306 e. The maximum Gasteiger partial charge on any atom is 0.269 e. The molecule has 0 aliphatic carbocycles. The molecule has 5 aromatic rings. The molecule has 0 atom stereocenters. The molecule has 35 heavy (non-hydrogen) atoms. The second kappa shape index (κ2) is 7.30. The van der Waals surface area contributed by atoms with Gasteiger partial charge in [0.05, 0.1) is 33.5 Å². The van der Waals surface area contributed by atoms with E-state index in [9.17, 15) is 14.0 Å². The van der Waals surface area contributed by atoms with Crippen LogP contribution in [0.25, 0.3) is 27.5 Å². The Bertz CT molecular complexity index is 1680. The zero-order valence-electron chi connectivity index (χ0n) is 18.7. The first-order valence-electron chi connectivity index (χ1n) is 11.0. The molecule has 1 aliphatic heterocycles. The number of aromatic nitrogens is 1. The summed E-state index contributed by atoms with van der Waals surface area (Å²) in [5.74, 6) is -6.97. The smallest absolute Gasteiger partial charge is 0.269 e. The van der Waals surface area contributed by atoms with Crippen LogP contribution in [0.5, 0.6) is 0 Å². The van der Waals surface area contributed by atoms with Crippen molar-refractivity contribution in [1.29, 1.82) is 0 Å².